The summed E-state index contributed by atoms with van der Waals surface area (Å²) >= 11 is 7.37. The van der Waals surface area contributed by atoms with Crippen molar-refractivity contribution in [3.05, 3.63) is 167 Å². The van der Waals surface area contributed by atoms with Gasteiger partial charge >= 0.3 is 0 Å². The summed E-state index contributed by atoms with van der Waals surface area (Å²) in [7, 11) is 0. The van der Waals surface area contributed by atoms with Crippen LogP contribution in [-0.4, -0.2) is 19.1 Å². The smallest absolute Gasteiger partial charge is 0.137 e. The number of para-hydroxylation sites is 1. The van der Waals surface area contributed by atoms with E-state index in [1.807, 2.05) is 36.7 Å². The third-order valence-corrected chi connectivity index (χ3v) is 10.1. The van der Waals surface area contributed by atoms with E-state index in [9.17, 15) is 0 Å². The summed E-state index contributed by atoms with van der Waals surface area (Å²) in [6.45, 7) is 0. The molecule has 10 rings (SSSR count). The van der Waals surface area contributed by atoms with Gasteiger partial charge in [-0.1, -0.05) is 123 Å². The molecule has 0 spiro atoms. The Kier molecular flexibility index (Phi) is 7.07. The first-order chi connectivity index (χ1) is 23.7. The minimum absolute atomic E-state index is 0.928. The van der Waals surface area contributed by atoms with Gasteiger partial charge in [0, 0.05) is 53.7 Å². The van der Waals surface area contributed by atoms with Gasteiger partial charge in [-0.3, -0.25) is 9.13 Å². The van der Waals surface area contributed by atoms with Gasteiger partial charge in [-0.2, -0.15) is 0 Å². The van der Waals surface area contributed by atoms with E-state index in [1.165, 1.54) is 59.6 Å². The summed E-state index contributed by atoms with van der Waals surface area (Å²) in [4.78, 5) is 9.20. The minimum Gasteiger partial charge on any atom is -0.293 e. The number of fused-ring (bicyclic) bond motifs is 10. The lowest BCUT2D eigenvalue weighted by molar-refractivity contribution is 1.08. The van der Waals surface area contributed by atoms with E-state index in [0.29, 0.717) is 0 Å². The van der Waals surface area contributed by atoms with Gasteiger partial charge in [0.1, 0.15) is 11.6 Å². The number of hydrogen-bond donors (Lipinski definition) is 0. The lowest BCUT2D eigenvalue weighted by Crippen LogP contribution is -1.96. The maximum Gasteiger partial charge on any atom is 0.137 e. The number of nitrogens with zero attached hydrogens (tertiary/aromatic N) is 4. The van der Waals surface area contributed by atoms with Crippen LogP contribution < -0.4 is 0 Å². The van der Waals surface area contributed by atoms with E-state index < -0.39 is 0 Å². The molecular formula is C42H26Br2N4. The highest BCUT2D eigenvalue weighted by Gasteiger charge is 2.18. The molecule has 228 valence electrons. The summed E-state index contributed by atoms with van der Waals surface area (Å²) in [5.74, 6) is 1.88. The van der Waals surface area contributed by atoms with E-state index >= 15 is 0 Å². The zero-order chi connectivity index (χ0) is 32.2. The van der Waals surface area contributed by atoms with Crippen molar-refractivity contribution in [3.63, 3.8) is 0 Å². The molecule has 48 heavy (non-hydrogen) atoms. The van der Waals surface area contributed by atoms with Crippen LogP contribution in [0.4, 0.5) is 0 Å². The SMILES string of the molecule is Brc1ccc2c(c1)c1cc(Br)c3ccccc3c1n2-c1ccccn1.c1ccc(-n2c3ccccc3c3ccc4ccccc4c32)nc1. The molecule has 4 aromatic heterocycles. The molecule has 0 fully saturated rings. The van der Waals surface area contributed by atoms with E-state index in [2.05, 4.69) is 172 Å². The van der Waals surface area contributed by atoms with Crippen LogP contribution in [-0.2, 0) is 0 Å². The van der Waals surface area contributed by atoms with Crippen molar-refractivity contribution in [1.29, 1.82) is 0 Å². The minimum atomic E-state index is 0.928. The molecular weight excluding hydrogens is 720 g/mol. The van der Waals surface area contributed by atoms with Crippen molar-refractivity contribution in [2.45, 2.75) is 0 Å². The van der Waals surface area contributed by atoms with Crippen LogP contribution in [0.25, 0.3) is 76.8 Å². The second-order valence-corrected chi connectivity index (χ2v) is 13.5. The lowest BCUT2D eigenvalue weighted by atomic mass is 10.1. The average molecular weight is 747 g/mol. The van der Waals surface area contributed by atoms with Gasteiger partial charge < -0.3 is 0 Å². The average Bonchev–Trinajstić information content (AvgIpc) is 3.66. The third-order valence-electron chi connectivity index (χ3n) is 9.00. The summed E-state index contributed by atoms with van der Waals surface area (Å²) < 4.78 is 6.71. The highest BCUT2D eigenvalue weighted by Crippen LogP contribution is 2.40. The van der Waals surface area contributed by atoms with Crippen molar-refractivity contribution in [2.75, 3.05) is 0 Å². The van der Waals surface area contributed by atoms with Crippen LogP contribution >= 0.6 is 31.9 Å². The summed E-state index contributed by atoms with van der Waals surface area (Å²) in [6, 6.07) is 50.7. The van der Waals surface area contributed by atoms with Gasteiger partial charge in [-0.25, -0.2) is 9.97 Å². The molecule has 4 nitrogen and oxygen atoms in total. The Bertz CT molecular complexity index is 2800. The third kappa shape index (κ3) is 4.63. The monoisotopic (exact) mass is 744 g/mol. The molecule has 0 saturated carbocycles. The van der Waals surface area contributed by atoms with Crippen molar-refractivity contribution >= 4 is 97.0 Å². The number of aromatic nitrogens is 4. The summed E-state index contributed by atoms with van der Waals surface area (Å²) in [5, 5.41) is 9.88. The van der Waals surface area contributed by atoms with Crippen molar-refractivity contribution in [3.8, 4) is 11.6 Å². The number of benzene rings is 6. The van der Waals surface area contributed by atoms with Crippen LogP contribution in [0.1, 0.15) is 0 Å². The quantitative estimate of drug-likeness (QED) is 0.177. The Morgan fingerprint density at radius 1 is 0.396 bits per heavy atom. The Balaban J connectivity index is 0.000000131. The van der Waals surface area contributed by atoms with Crippen LogP contribution in [0.3, 0.4) is 0 Å². The number of hydrogen-bond acceptors (Lipinski definition) is 2. The molecule has 0 N–H and O–H groups in total. The fourth-order valence-electron chi connectivity index (χ4n) is 6.98. The van der Waals surface area contributed by atoms with E-state index in [0.717, 1.165) is 26.1 Å². The number of halogens is 2. The van der Waals surface area contributed by atoms with Gasteiger partial charge in [0.2, 0.25) is 0 Å². The Labute approximate surface area is 293 Å². The molecule has 0 aliphatic heterocycles. The van der Waals surface area contributed by atoms with Crippen molar-refractivity contribution in [1.82, 2.24) is 19.1 Å². The topological polar surface area (TPSA) is 35.6 Å². The maximum absolute atomic E-state index is 4.61. The summed E-state index contributed by atoms with van der Waals surface area (Å²) in [5.41, 5.74) is 4.76. The zero-order valence-corrected chi connectivity index (χ0v) is 28.7. The Hall–Kier alpha value is -5.30. The Morgan fingerprint density at radius 3 is 1.67 bits per heavy atom. The Morgan fingerprint density at radius 2 is 0.958 bits per heavy atom. The van der Waals surface area contributed by atoms with Gasteiger partial charge in [-0.05, 0) is 65.4 Å². The molecule has 0 radical (unpaired) electrons. The maximum atomic E-state index is 4.61. The molecule has 10 aromatic rings. The molecule has 0 aliphatic carbocycles. The largest absolute Gasteiger partial charge is 0.293 e. The summed E-state index contributed by atoms with van der Waals surface area (Å²) in [6.07, 6.45) is 3.69. The molecule has 6 heteroatoms. The molecule has 0 bridgehead atoms. The molecule has 0 amide bonds. The van der Waals surface area contributed by atoms with Gasteiger partial charge in [0.25, 0.3) is 0 Å². The van der Waals surface area contributed by atoms with E-state index in [4.69, 9.17) is 0 Å². The number of pyridine rings is 2. The molecule has 6 aromatic carbocycles. The van der Waals surface area contributed by atoms with Crippen molar-refractivity contribution in [2.24, 2.45) is 0 Å². The first-order valence-electron chi connectivity index (χ1n) is 15.7. The first-order valence-corrected chi connectivity index (χ1v) is 17.3. The highest BCUT2D eigenvalue weighted by molar-refractivity contribution is 9.11. The second kappa shape index (κ2) is 11.7. The fraction of sp³-hybridized carbons (Fsp3) is 0. The van der Waals surface area contributed by atoms with Crippen LogP contribution in [0.2, 0.25) is 0 Å². The predicted octanol–water partition coefficient (Wildman–Crippen LogP) is 12.2. The molecule has 0 unspecified atom stereocenters. The van der Waals surface area contributed by atoms with Gasteiger partial charge in [0.15, 0.2) is 0 Å². The van der Waals surface area contributed by atoms with Crippen LogP contribution in [0, 0.1) is 0 Å². The van der Waals surface area contributed by atoms with Crippen molar-refractivity contribution < 1.29 is 0 Å². The van der Waals surface area contributed by atoms with E-state index in [1.54, 1.807) is 0 Å². The second-order valence-electron chi connectivity index (χ2n) is 11.7. The lowest BCUT2D eigenvalue weighted by Gasteiger charge is -2.09. The first kappa shape index (κ1) is 28.9. The highest BCUT2D eigenvalue weighted by atomic mass is 79.9. The molecule has 4 heterocycles. The molecule has 0 aliphatic rings. The van der Waals surface area contributed by atoms with E-state index in [-0.39, 0.29) is 0 Å². The predicted molar refractivity (Wildman–Crippen MR) is 208 cm³/mol. The molecule has 0 atom stereocenters. The zero-order valence-electron chi connectivity index (χ0n) is 25.6. The van der Waals surface area contributed by atoms with Crippen LogP contribution in [0.5, 0.6) is 0 Å². The normalized spacial score (nSPS) is 11.5. The van der Waals surface area contributed by atoms with Gasteiger partial charge in [0.05, 0.1) is 22.1 Å². The standard InChI is InChI=1S/C21H12Br2N2.C21H14N2/c22-13-8-9-19-16(11-13)17-12-18(23)14-5-1-2-6-15(14)21(17)25(19)20-7-3-4-10-24-20;1-2-8-16-15(7-1)12-13-18-17-9-3-4-10-19(17)23(21(16)18)20-11-5-6-14-22-20/h1-12H;1-14H. The van der Waals surface area contributed by atoms with Gasteiger partial charge in [-0.15, -0.1) is 0 Å². The molecule has 0 saturated heterocycles. The number of rotatable bonds is 2. The van der Waals surface area contributed by atoms with Crippen LogP contribution in [0.15, 0.2) is 167 Å². The fourth-order valence-corrected chi connectivity index (χ4v) is 7.92.